The lowest BCUT2D eigenvalue weighted by Crippen LogP contribution is -2.02. The molecule has 32 heavy (non-hydrogen) atoms. The molecule has 0 atom stereocenters. The number of benzene rings is 2. The number of halogens is 2. The quantitative estimate of drug-likeness (QED) is 0.139. The van der Waals surface area contributed by atoms with Crippen LogP contribution < -0.4 is 0 Å². The molecular formula is C23H21F2N3O4. The fourth-order valence-electron chi connectivity index (χ4n) is 3.07. The first-order valence-corrected chi connectivity index (χ1v) is 9.98. The van der Waals surface area contributed by atoms with E-state index in [1.807, 2.05) is 6.92 Å². The van der Waals surface area contributed by atoms with Crippen LogP contribution in [0.1, 0.15) is 37.4 Å². The fourth-order valence-corrected chi connectivity index (χ4v) is 3.07. The van der Waals surface area contributed by atoms with Gasteiger partial charge in [0.1, 0.15) is 5.69 Å². The Morgan fingerprint density at radius 1 is 1.19 bits per heavy atom. The van der Waals surface area contributed by atoms with Crippen LogP contribution in [0.4, 0.5) is 14.5 Å². The number of hydrogen-bond acceptors (Lipinski definition) is 5. The van der Waals surface area contributed by atoms with Crippen molar-refractivity contribution in [2.45, 2.75) is 26.2 Å². The highest BCUT2D eigenvalue weighted by atomic mass is 19.3. The van der Waals surface area contributed by atoms with E-state index in [9.17, 15) is 23.7 Å². The predicted octanol–water partition coefficient (Wildman–Crippen LogP) is 5.74. The molecule has 7 nitrogen and oxygen atoms in total. The summed E-state index contributed by atoms with van der Waals surface area (Å²) in [5, 5.41) is 15.0. The summed E-state index contributed by atoms with van der Waals surface area (Å²) in [7, 11) is 0. The zero-order chi connectivity index (χ0) is 23.1. The Morgan fingerprint density at radius 3 is 2.47 bits per heavy atom. The number of nitro groups is 1. The predicted molar refractivity (Wildman–Crippen MR) is 116 cm³/mol. The number of unbranched alkanes of at least 4 members (excludes halogenated alkanes) is 1. The maximum Gasteiger partial charge on any atom is 0.330 e. The van der Waals surface area contributed by atoms with E-state index in [2.05, 4.69) is 5.10 Å². The van der Waals surface area contributed by atoms with Crippen molar-refractivity contribution in [2.24, 2.45) is 0 Å². The Morgan fingerprint density at radius 2 is 1.88 bits per heavy atom. The van der Waals surface area contributed by atoms with Crippen molar-refractivity contribution >= 4 is 17.7 Å². The molecule has 0 fully saturated rings. The zero-order valence-electron chi connectivity index (χ0n) is 17.3. The number of nitro benzene ring substituents is 1. The molecule has 9 heteroatoms. The van der Waals surface area contributed by atoms with Gasteiger partial charge in [-0.2, -0.15) is 5.10 Å². The Hall–Kier alpha value is -3.88. The third-order valence-corrected chi connectivity index (χ3v) is 4.64. The van der Waals surface area contributed by atoms with Crippen LogP contribution in [0.25, 0.3) is 23.0 Å². The molecule has 0 aliphatic heterocycles. The van der Waals surface area contributed by atoms with Crippen molar-refractivity contribution in [2.75, 3.05) is 6.61 Å². The van der Waals surface area contributed by atoms with Crippen LogP contribution in [0.2, 0.25) is 0 Å². The molecule has 0 bridgehead atoms. The van der Waals surface area contributed by atoms with E-state index >= 15 is 0 Å². The van der Waals surface area contributed by atoms with E-state index in [1.54, 1.807) is 30.3 Å². The molecule has 0 N–H and O–H groups in total. The number of carbonyl (C=O) groups is 1. The highest BCUT2D eigenvalue weighted by molar-refractivity contribution is 5.89. The number of hydrogen-bond donors (Lipinski definition) is 0. The highest BCUT2D eigenvalue weighted by Gasteiger charge is 2.24. The molecule has 0 radical (unpaired) electrons. The fraction of sp³-hybridized carbons (Fsp3) is 0.217. The number of ether oxygens (including phenoxy) is 1. The van der Waals surface area contributed by atoms with Gasteiger partial charge in [0, 0.05) is 29.3 Å². The highest BCUT2D eigenvalue weighted by Crippen LogP contribution is 2.35. The maximum absolute atomic E-state index is 13.9. The number of rotatable bonds is 9. The number of aromatic nitrogens is 2. The Balaban J connectivity index is 2.12. The number of alkyl halides is 2. The van der Waals surface area contributed by atoms with Crippen molar-refractivity contribution in [3.8, 4) is 16.9 Å². The molecule has 0 unspecified atom stereocenters. The lowest BCUT2D eigenvalue weighted by Gasteiger charge is -2.09. The summed E-state index contributed by atoms with van der Waals surface area (Å²) in [4.78, 5) is 22.4. The maximum atomic E-state index is 13.9. The summed E-state index contributed by atoms with van der Waals surface area (Å²) >= 11 is 0. The van der Waals surface area contributed by atoms with Crippen molar-refractivity contribution in [3.05, 3.63) is 82.0 Å². The summed E-state index contributed by atoms with van der Waals surface area (Å²) in [6, 6.07) is 14.1. The molecule has 0 aliphatic rings. The van der Waals surface area contributed by atoms with Gasteiger partial charge in [-0.15, -0.1) is 0 Å². The second-order valence-electron chi connectivity index (χ2n) is 6.85. The Kier molecular flexibility index (Phi) is 7.43. The number of non-ortho nitro benzene ring substituents is 1. The summed E-state index contributed by atoms with van der Waals surface area (Å²) in [5.74, 6) is -0.638. The average molecular weight is 441 g/mol. The van der Waals surface area contributed by atoms with Gasteiger partial charge in [-0.25, -0.2) is 18.3 Å². The van der Waals surface area contributed by atoms with E-state index in [4.69, 9.17) is 4.74 Å². The second-order valence-corrected chi connectivity index (χ2v) is 6.85. The van der Waals surface area contributed by atoms with Crippen LogP contribution in [0, 0.1) is 10.1 Å². The minimum Gasteiger partial charge on any atom is -0.463 e. The largest absolute Gasteiger partial charge is 0.463 e. The van der Waals surface area contributed by atoms with Gasteiger partial charge in [-0.1, -0.05) is 43.7 Å². The Labute approximate surface area is 183 Å². The van der Waals surface area contributed by atoms with Gasteiger partial charge in [0.2, 0.25) is 0 Å². The minimum absolute atomic E-state index is 0.0667. The summed E-state index contributed by atoms with van der Waals surface area (Å²) in [6.07, 6.45) is 1.02. The monoisotopic (exact) mass is 441 g/mol. The van der Waals surface area contributed by atoms with Crippen LogP contribution in [0.5, 0.6) is 0 Å². The first kappa shape index (κ1) is 22.8. The van der Waals surface area contributed by atoms with Crippen LogP contribution in [-0.4, -0.2) is 27.3 Å². The van der Waals surface area contributed by atoms with Gasteiger partial charge in [-0.05, 0) is 24.6 Å². The van der Waals surface area contributed by atoms with Gasteiger partial charge in [0.15, 0.2) is 0 Å². The molecular weight excluding hydrogens is 420 g/mol. The van der Waals surface area contributed by atoms with Gasteiger partial charge >= 0.3 is 5.97 Å². The first-order valence-electron chi connectivity index (χ1n) is 9.98. The average Bonchev–Trinajstić information content (AvgIpc) is 3.18. The molecule has 166 valence electrons. The van der Waals surface area contributed by atoms with E-state index in [1.165, 1.54) is 35.0 Å². The molecule has 3 rings (SSSR count). The van der Waals surface area contributed by atoms with Crippen LogP contribution in [-0.2, 0) is 9.53 Å². The summed E-state index contributed by atoms with van der Waals surface area (Å²) in [6.45, 7) is 2.20. The van der Waals surface area contributed by atoms with Crippen molar-refractivity contribution in [1.82, 2.24) is 9.78 Å². The SMILES string of the molecule is CCCCOC(=O)/C=C/c1c(C(F)F)nn(-c2ccc([N+](=O)[O-])cc2)c1-c1ccccc1. The van der Waals surface area contributed by atoms with Crippen LogP contribution in [0.15, 0.2) is 60.7 Å². The molecule has 0 spiro atoms. The van der Waals surface area contributed by atoms with E-state index in [-0.39, 0.29) is 17.9 Å². The summed E-state index contributed by atoms with van der Waals surface area (Å²) in [5.41, 5.74) is 0.696. The number of carbonyl (C=O) groups excluding carboxylic acids is 1. The second kappa shape index (κ2) is 10.4. The van der Waals surface area contributed by atoms with E-state index < -0.39 is 23.0 Å². The third kappa shape index (κ3) is 5.23. The molecule has 3 aromatic rings. The topological polar surface area (TPSA) is 87.3 Å². The van der Waals surface area contributed by atoms with Crippen molar-refractivity contribution < 1.29 is 23.2 Å². The molecule has 0 saturated carbocycles. The molecule has 1 aromatic heterocycles. The lowest BCUT2D eigenvalue weighted by atomic mass is 10.0. The van der Waals surface area contributed by atoms with E-state index in [0.717, 1.165) is 12.5 Å². The van der Waals surface area contributed by atoms with Crippen molar-refractivity contribution in [3.63, 3.8) is 0 Å². The third-order valence-electron chi connectivity index (χ3n) is 4.64. The van der Waals surface area contributed by atoms with Crippen LogP contribution in [0.3, 0.4) is 0 Å². The van der Waals surface area contributed by atoms with Gasteiger partial charge in [0.25, 0.3) is 12.1 Å². The minimum atomic E-state index is -2.91. The van der Waals surface area contributed by atoms with Gasteiger partial charge < -0.3 is 4.74 Å². The normalized spacial score (nSPS) is 11.2. The standard InChI is InChI=1S/C23H21F2N3O4/c1-2-3-15-32-20(29)14-13-19-21(23(24)25)26-27(22(19)16-7-5-4-6-8-16)17-9-11-18(12-10-17)28(30)31/h4-14,23H,2-3,15H2,1H3/b14-13+. The molecule has 0 saturated heterocycles. The van der Waals surface area contributed by atoms with Crippen LogP contribution >= 0.6 is 0 Å². The lowest BCUT2D eigenvalue weighted by molar-refractivity contribution is -0.384. The molecule has 0 aliphatic carbocycles. The summed E-state index contributed by atoms with van der Waals surface area (Å²) < 4.78 is 34.1. The molecule has 0 amide bonds. The molecule has 2 aromatic carbocycles. The van der Waals surface area contributed by atoms with Gasteiger partial charge in [-0.3, -0.25) is 10.1 Å². The zero-order valence-corrected chi connectivity index (χ0v) is 17.3. The first-order chi connectivity index (χ1) is 15.4. The number of esters is 1. The smallest absolute Gasteiger partial charge is 0.330 e. The molecule has 1 heterocycles. The Bertz CT molecular complexity index is 1110. The van der Waals surface area contributed by atoms with Crippen molar-refractivity contribution in [1.29, 1.82) is 0 Å². The van der Waals surface area contributed by atoms with Gasteiger partial charge in [0.05, 0.1) is 22.9 Å². The number of nitrogens with zero attached hydrogens (tertiary/aromatic N) is 3. The van der Waals surface area contributed by atoms with E-state index in [0.29, 0.717) is 23.4 Å².